The zero-order valence-electron chi connectivity index (χ0n) is 16.1. The summed E-state index contributed by atoms with van der Waals surface area (Å²) in [6.45, 7) is 5.97. The predicted octanol–water partition coefficient (Wildman–Crippen LogP) is 2.79. The summed E-state index contributed by atoms with van der Waals surface area (Å²) >= 11 is 1.64. The third-order valence-electron chi connectivity index (χ3n) is 5.10. The zero-order valence-corrected chi connectivity index (χ0v) is 16.9. The zero-order chi connectivity index (χ0) is 20.2. The quantitative estimate of drug-likeness (QED) is 0.735. The van der Waals surface area contributed by atoms with Crippen molar-refractivity contribution < 1.29 is 9.32 Å². The molecule has 0 aliphatic carbocycles. The van der Waals surface area contributed by atoms with Crippen LogP contribution in [0, 0.1) is 20.8 Å². The number of pyridine rings is 1. The molecule has 8 heteroatoms. The van der Waals surface area contributed by atoms with Crippen LogP contribution in [0.5, 0.6) is 0 Å². The Bertz CT molecular complexity index is 1200. The molecule has 4 heterocycles. The molecule has 2 N–H and O–H groups in total. The van der Waals surface area contributed by atoms with Gasteiger partial charge in [0.1, 0.15) is 6.04 Å². The molecule has 0 unspecified atom stereocenters. The number of fused-ring (bicyclic) bond motifs is 3. The smallest absolute Gasteiger partial charge is 0.250 e. The van der Waals surface area contributed by atoms with Gasteiger partial charge in [0, 0.05) is 40.2 Å². The van der Waals surface area contributed by atoms with E-state index in [0.29, 0.717) is 17.0 Å². The molecular formula is C20H20N4O3S. The fraction of sp³-hybridized carbons (Fsp3) is 0.300. The van der Waals surface area contributed by atoms with Crippen LogP contribution in [-0.4, -0.2) is 21.3 Å². The van der Waals surface area contributed by atoms with Crippen LogP contribution in [0.3, 0.4) is 0 Å². The minimum atomic E-state index is -0.591. The fourth-order valence-corrected chi connectivity index (χ4v) is 4.77. The van der Waals surface area contributed by atoms with E-state index >= 15 is 0 Å². The number of carbonyl (C=O) groups is 1. The maximum absolute atomic E-state index is 12.3. The number of hydrogen-bond acceptors (Lipinski definition) is 6. The molecular weight excluding hydrogens is 376 g/mol. The number of nitrogens with two attached hydrogens (primary N) is 1. The lowest BCUT2D eigenvalue weighted by Crippen LogP contribution is -2.19. The highest BCUT2D eigenvalue weighted by molar-refractivity contribution is 7.16. The second-order valence-corrected chi connectivity index (χ2v) is 8.25. The number of amides is 1. The second kappa shape index (κ2) is 6.56. The average molecular weight is 396 g/mol. The van der Waals surface area contributed by atoms with Crippen molar-refractivity contribution in [1.29, 1.82) is 0 Å². The molecule has 0 fully saturated rings. The molecule has 28 heavy (non-hydrogen) atoms. The van der Waals surface area contributed by atoms with Crippen LogP contribution >= 0.6 is 11.3 Å². The summed E-state index contributed by atoms with van der Waals surface area (Å²) in [5.74, 6) is 0.0628. The molecule has 0 aromatic carbocycles. The van der Waals surface area contributed by atoms with Crippen LogP contribution < -0.4 is 11.3 Å². The van der Waals surface area contributed by atoms with Crippen molar-refractivity contribution >= 4 is 23.0 Å². The van der Waals surface area contributed by atoms with Crippen molar-refractivity contribution in [2.45, 2.75) is 33.2 Å². The van der Waals surface area contributed by atoms with Crippen molar-refractivity contribution in [2.24, 2.45) is 17.8 Å². The number of nitrogens with zero attached hydrogens (tertiary/aromatic N) is 3. The van der Waals surface area contributed by atoms with Gasteiger partial charge in [-0.3, -0.25) is 14.6 Å². The molecule has 3 aromatic heterocycles. The van der Waals surface area contributed by atoms with Crippen molar-refractivity contribution in [3.05, 3.63) is 61.7 Å². The van der Waals surface area contributed by atoms with Gasteiger partial charge in [0.15, 0.2) is 5.76 Å². The van der Waals surface area contributed by atoms with Crippen LogP contribution in [0.1, 0.15) is 45.5 Å². The summed E-state index contributed by atoms with van der Waals surface area (Å²) in [5, 5.41) is 4.12. The van der Waals surface area contributed by atoms with E-state index in [4.69, 9.17) is 15.2 Å². The summed E-state index contributed by atoms with van der Waals surface area (Å²) in [7, 11) is 1.70. The van der Waals surface area contributed by atoms with Gasteiger partial charge in [-0.25, -0.2) is 0 Å². The Morgan fingerprint density at radius 1 is 1.32 bits per heavy atom. The van der Waals surface area contributed by atoms with Crippen molar-refractivity contribution in [3.8, 4) is 10.4 Å². The minimum absolute atomic E-state index is 0.00292. The first kappa shape index (κ1) is 18.4. The second-order valence-electron chi connectivity index (χ2n) is 7.02. The lowest BCUT2D eigenvalue weighted by molar-refractivity contribution is -0.118. The monoisotopic (exact) mass is 396 g/mol. The van der Waals surface area contributed by atoms with Gasteiger partial charge in [0.25, 0.3) is 5.56 Å². The lowest BCUT2D eigenvalue weighted by Gasteiger charge is -2.11. The number of rotatable bonds is 3. The molecule has 1 atom stereocenters. The molecule has 0 spiro atoms. The largest absolute Gasteiger partial charge is 0.370 e. The third kappa shape index (κ3) is 2.80. The molecule has 1 aliphatic heterocycles. The van der Waals surface area contributed by atoms with E-state index in [2.05, 4.69) is 12.1 Å². The van der Waals surface area contributed by atoms with Crippen molar-refractivity contribution in [3.63, 3.8) is 0 Å². The van der Waals surface area contributed by atoms with E-state index < -0.39 is 11.9 Å². The van der Waals surface area contributed by atoms with Gasteiger partial charge in [-0.05, 0) is 32.4 Å². The molecule has 0 saturated carbocycles. The van der Waals surface area contributed by atoms with Crippen LogP contribution in [0.25, 0.3) is 10.4 Å². The summed E-state index contributed by atoms with van der Waals surface area (Å²) in [4.78, 5) is 31.0. The van der Waals surface area contributed by atoms with Crippen molar-refractivity contribution in [2.75, 3.05) is 0 Å². The summed E-state index contributed by atoms with van der Waals surface area (Å²) < 4.78 is 7.10. The van der Waals surface area contributed by atoms with Gasteiger partial charge in [-0.2, -0.15) is 0 Å². The van der Waals surface area contributed by atoms with Gasteiger partial charge < -0.3 is 14.8 Å². The van der Waals surface area contributed by atoms with E-state index in [-0.39, 0.29) is 12.0 Å². The van der Waals surface area contributed by atoms with Crippen LogP contribution in [0.2, 0.25) is 0 Å². The maximum Gasteiger partial charge on any atom is 0.250 e. The van der Waals surface area contributed by atoms with Crippen LogP contribution in [0.4, 0.5) is 0 Å². The topological polar surface area (TPSA) is 103 Å². The van der Waals surface area contributed by atoms with E-state index in [1.165, 1.54) is 4.57 Å². The van der Waals surface area contributed by atoms with E-state index in [0.717, 1.165) is 32.1 Å². The molecule has 4 rings (SSSR count). The molecule has 1 aliphatic rings. The standard InChI is InChI=1S/C20H20N4O3S/c1-9-11(3)28-20-16(9)18(12-5-6-24(4)15(26)7-12)22-13(8-14(21)25)19-17(20)10(2)23-27-19/h5-7,13H,8H2,1-4H3,(H2,21,25)/t13-/m0/s1. The highest BCUT2D eigenvalue weighted by Crippen LogP contribution is 2.46. The molecule has 0 saturated heterocycles. The average Bonchev–Trinajstić information content (AvgIpc) is 3.10. The van der Waals surface area contributed by atoms with Gasteiger partial charge in [0.05, 0.1) is 23.4 Å². The SMILES string of the molecule is Cc1noc2c1-c1sc(C)c(C)c1C(c1ccn(C)c(=O)c1)=N[C@H]2CC(N)=O. The first-order valence-electron chi connectivity index (χ1n) is 8.88. The third-order valence-corrected chi connectivity index (χ3v) is 6.32. The first-order chi connectivity index (χ1) is 13.3. The Kier molecular flexibility index (Phi) is 4.30. The number of hydrogen-bond donors (Lipinski definition) is 1. The van der Waals surface area contributed by atoms with Gasteiger partial charge >= 0.3 is 0 Å². The molecule has 1 amide bonds. The number of thiophene rings is 1. The highest BCUT2D eigenvalue weighted by atomic mass is 32.1. The summed E-state index contributed by atoms with van der Waals surface area (Å²) in [6, 6.07) is 2.83. The molecule has 0 bridgehead atoms. The number of primary amides is 1. The first-order valence-corrected chi connectivity index (χ1v) is 9.69. The van der Waals surface area contributed by atoms with Crippen LogP contribution in [0.15, 0.2) is 32.6 Å². The maximum atomic E-state index is 12.3. The Morgan fingerprint density at radius 3 is 2.75 bits per heavy atom. The summed E-state index contributed by atoms with van der Waals surface area (Å²) in [6.07, 6.45) is 1.72. The molecule has 3 aromatic rings. The van der Waals surface area contributed by atoms with Crippen LogP contribution in [-0.2, 0) is 11.8 Å². The normalized spacial score (nSPS) is 15.6. The molecule has 7 nitrogen and oxygen atoms in total. The van der Waals surface area contributed by atoms with E-state index in [9.17, 15) is 9.59 Å². The Balaban J connectivity index is 2.06. The van der Waals surface area contributed by atoms with Gasteiger partial charge in [-0.1, -0.05) is 5.16 Å². The lowest BCUT2D eigenvalue weighted by atomic mass is 9.97. The number of aliphatic imine (C=N–C) groups is 1. The molecule has 144 valence electrons. The Labute approximate surface area is 165 Å². The Hall–Kier alpha value is -3.00. The minimum Gasteiger partial charge on any atom is -0.370 e. The molecule has 0 radical (unpaired) electrons. The van der Waals surface area contributed by atoms with Gasteiger partial charge in [0.2, 0.25) is 5.91 Å². The number of carbonyl (C=O) groups excluding carboxylic acids is 1. The van der Waals surface area contributed by atoms with E-state index in [1.807, 2.05) is 19.9 Å². The fourth-order valence-electron chi connectivity index (χ4n) is 3.50. The number of aryl methyl sites for hydroxylation is 3. The summed E-state index contributed by atoms with van der Waals surface area (Å²) in [5.41, 5.74) is 10.4. The number of aromatic nitrogens is 2. The predicted molar refractivity (Wildman–Crippen MR) is 108 cm³/mol. The van der Waals surface area contributed by atoms with E-state index in [1.54, 1.807) is 30.6 Å². The Morgan fingerprint density at radius 2 is 2.07 bits per heavy atom. The highest BCUT2D eigenvalue weighted by Gasteiger charge is 2.33. The van der Waals surface area contributed by atoms with Gasteiger partial charge in [-0.15, -0.1) is 11.3 Å². The van der Waals surface area contributed by atoms with Crippen molar-refractivity contribution in [1.82, 2.24) is 9.72 Å².